The lowest BCUT2D eigenvalue weighted by atomic mass is 10.0. The standard InChI is InChI=1S/C11H15NO2S/c1-12(2)10-8-15(13,14)11(10)9-6-4-3-5-7-9/h3-7,10-11H,8H2,1-2H3/t10-,11-/m1/s1. The topological polar surface area (TPSA) is 37.4 Å². The summed E-state index contributed by atoms with van der Waals surface area (Å²) < 4.78 is 23.4. The van der Waals surface area contributed by atoms with Crippen LogP contribution in [0, 0.1) is 0 Å². The zero-order chi connectivity index (χ0) is 11.1. The third-order valence-electron chi connectivity index (χ3n) is 2.93. The SMILES string of the molecule is CN(C)[C@@H]1CS(=O)(=O)[C@@H]1c1ccccc1. The Hall–Kier alpha value is -0.870. The molecule has 1 aliphatic heterocycles. The molecule has 0 N–H and O–H groups in total. The van der Waals surface area contributed by atoms with E-state index in [1.807, 2.05) is 49.3 Å². The molecule has 1 fully saturated rings. The van der Waals surface area contributed by atoms with E-state index in [9.17, 15) is 8.42 Å². The molecule has 0 spiro atoms. The van der Waals surface area contributed by atoms with Gasteiger partial charge in [-0.05, 0) is 19.7 Å². The smallest absolute Gasteiger partial charge is 0.160 e. The molecule has 1 saturated heterocycles. The first-order chi connectivity index (χ1) is 7.02. The van der Waals surface area contributed by atoms with E-state index in [4.69, 9.17) is 0 Å². The van der Waals surface area contributed by atoms with Crippen molar-refractivity contribution in [3.05, 3.63) is 35.9 Å². The molecule has 2 atom stereocenters. The van der Waals surface area contributed by atoms with Gasteiger partial charge in [0.2, 0.25) is 0 Å². The minimum absolute atomic E-state index is 0.123. The maximum Gasteiger partial charge on any atom is 0.160 e. The third-order valence-corrected chi connectivity index (χ3v) is 5.10. The molecule has 0 saturated carbocycles. The van der Waals surface area contributed by atoms with E-state index in [-0.39, 0.29) is 17.0 Å². The van der Waals surface area contributed by atoms with Crippen LogP contribution in [0.4, 0.5) is 0 Å². The van der Waals surface area contributed by atoms with Crippen LogP contribution >= 0.6 is 0 Å². The third kappa shape index (κ3) is 1.79. The first-order valence-electron chi connectivity index (χ1n) is 4.95. The molecule has 1 aliphatic rings. The quantitative estimate of drug-likeness (QED) is 0.756. The highest BCUT2D eigenvalue weighted by molar-refractivity contribution is 7.93. The molecule has 0 bridgehead atoms. The van der Waals surface area contributed by atoms with Crippen molar-refractivity contribution in [2.45, 2.75) is 11.3 Å². The Bertz CT molecular complexity index is 439. The van der Waals surface area contributed by atoms with Gasteiger partial charge in [-0.25, -0.2) is 8.42 Å². The van der Waals surface area contributed by atoms with Crippen LogP contribution in [-0.4, -0.2) is 39.2 Å². The summed E-state index contributed by atoms with van der Waals surface area (Å²) >= 11 is 0. The van der Waals surface area contributed by atoms with Gasteiger partial charge in [-0.15, -0.1) is 0 Å². The van der Waals surface area contributed by atoms with Gasteiger partial charge in [-0.2, -0.15) is 0 Å². The van der Waals surface area contributed by atoms with E-state index in [0.29, 0.717) is 0 Å². The summed E-state index contributed by atoms with van der Waals surface area (Å²) in [4.78, 5) is 1.98. The highest BCUT2D eigenvalue weighted by atomic mass is 32.2. The molecular weight excluding hydrogens is 210 g/mol. The molecule has 0 amide bonds. The molecule has 1 aromatic rings. The Morgan fingerprint density at radius 1 is 1.20 bits per heavy atom. The average molecular weight is 225 g/mol. The van der Waals surface area contributed by atoms with Crippen LogP contribution in [0.5, 0.6) is 0 Å². The van der Waals surface area contributed by atoms with Crippen molar-refractivity contribution in [2.24, 2.45) is 0 Å². The fourth-order valence-corrected chi connectivity index (χ4v) is 4.24. The van der Waals surface area contributed by atoms with Gasteiger partial charge in [0, 0.05) is 6.04 Å². The minimum atomic E-state index is -2.91. The van der Waals surface area contributed by atoms with E-state index in [1.54, 1.807) is 0 Å². The Morgan fingerprint density at radius 2 is 1.80 bits per heavy atom. The second-order valence-electron chi connectivity index (χ2n) is 4.19. The molecule has 4 heteroatoms. The Labute approximate surface area is 90.6 Å². The van der Waals surface area contributed by atoms with Gasteiger partial charge >= 0.3 is 0 Å². The molecule has 15 heavy (non-hydrogen) atoms. The normalized spacial score (nSPS) is 28.7. The molecule has 0 aliphatic carbocycles. The van der Waals surface area contributed by atoms with Crippen molar-refractivity contribution in [1.29, 1.82) is 0 Å². The molecule has 0 radical (unpaired) electrons. The molecule has 0 aromatic heterocycles. The number of benzene rings is 1. The van der Waals surface area contributed by atoms with E-state index >= 15 is 0 Å². The van der Waals surface area contributed by atoms with Gasteiger partial charge in [0.05, 0.1) is 5.75 Å². The largest absolute Gasteiger partial charge is 0.304 e. The van der Waals surface area contributed by atoms with Crippen LogP contribution < -0.4 is 0 Å². The summed E-state index contributed by atoms with van der Waals surface area (Å²) in [6.07, 6.45) is 0. The summed E-state index contributed by atoms with van der Waals surface area (Å²) in [7, 11) is 0.941. The van der Waals surface area contributed by atoms with Gasteiger partial charge in [0.1, 0.15) is 5.25 Å². The number of sulfone groups is 1. The van der Waals surface area contributed by atoms with E-state index in [2.05, 4.69) is 0 Å². The fourth-order valence-electron chi connectivity index (χ4n) is 2.04. The Balaban J connectivity index is 2.34. The predicted molar refractivity (Wildman–Crippen MR) is 60.4 cm³/mol. The minimum Gasteiger partial charge on any atom is -0.304 e. The zero-order valence-electron chi connectivity index (χ0n) is 8.92. The molecule has 1 aromatic carbocycles. The average Bonchev–Trinajstić information content (AvgIpc) is 2.16. The number of hydrogen-bond donors (Lipinski definition) is 0. The van der Waals surface area contributed by atoms with Crippen LogP contribution in [0.3, 0.4) is 0 Å². The summed E-state index contributed by atoms with van der Waals surface area (Å²) in [6.45, 7) is 0. The molecule has 1 heterocycles. The number of rotatable bonds is 2. The van der Waals surface area contributed by atoms with Crippen molar-refractivity contribution in [1.82, 2.24) is 4.90 Å². The van der Waals surface area contributed by atoms with Gasteiger partial charge in [-0.3, -0.25) is 0 Å². The lowest BCUT2D eigenvalue weighted by Gasteiger charge is -2.40. The van der Waals surface area contributed by atoms with Gasteiger partial charge < -0.3 is 4.90 Å². The van der Waals surface area contributed by atoms with Crippen LogP contribution in [0.2, 0.25) is 0 Å². The highest BCUT2D eigenvalue weighted by Crippen LogP contribution is 2.38. The number of nitrogens with zero attached hydrogens (tertiary/aromatic N) is 1. The summed E-state index contributed by atoms with van der Waals surface area (Å²) in [5.74, 6) is 0.277. The zero-order valence-corrected chi connectivity index (χ0v) is 9.74. The fraction of sp³-hybridized carbons (Fsp3) is 0.455. The molecule has 3 nitrogen and oxygen atoms in total. The van der Waals surface area contributed by atoms with Crippen molar-refractivity contribution < 1.29 is 8.42 Å². The molecule has 0 unspecified atom stereocenters. The number of likely N-dealkylation sites (N-methyl/N-ethyl adjacent to an activating group) is 1. The van der Waals surface area contributed by atoms with Gasteiger partial charge in [0.25, 0.3) is 0 Å². The monoisotopic (exact) mass is 225 g/mol. The lowest BCUT2D eigenvalue weighted by molar-refractivity contribution is 0.280. The molecular formula is C11H15NO2S. The van der Waals surface area contributed by atoms with Crippen LogP contribution in [0.25, 0.3) is 0 Å². The van der Waals surface area contributed by atoms with Crippen LogP contribution in [-0.2, 0) is 9.84 Å². The van der Waals surface area contributed by atoms with Gasteiger partial charge in [-0.1, -0.05) is 30.3 Å². The van der Waals surface area contributed by atoms with Crippen molar-refractivity contribution in [3.8, 4) is 0 Å². The van der Waals surface area contributed by atoms with Crippen LogP contribution in [0.15, 0.2) is 30.3 Å². The Morgan fingerprint density at radius 3 is 2.27 bits per heavy atom. The van der Waals surface area contributed by atoms with Gasteiger partial charge in [0.15, 0.2) is 9.84 Å². The first-order valence-corrected chi connectivity index (χ1v) is 6.67. The second kappa shape index (κ2) is 3.61. The summed E-state index contributed by atoms with van der Waals surface area (Å²) in [6, 6.07) is 9.57. The van der Waals surface area contributed by atoms with E-state index < -0.39 is 9.84 Å². The first kappa shape index (κ1) is 10.6. The predicted octanol–water partition coefficient (Wildman–Crippen LogP) is 1.09. The second-order valence-corrected chi connectivity index (χ2v) is 6.36. The van der Waals surface area contributed by atoms with Crippen molar-refractivity contribution in [2.75, 3.05) is 19.8 Å². The Kier molecular flexibility index (Phi) is 2.56. The highest BCUT2D eigenvalue weighted by Gasteiger charge is 2.47. The van der Waals surface area contributed by atoms with E-state index in [1.165, 1.54) is 0 Å². The summed E-state index contributed by atoms with van der Waals surface area (Å²) in [5.41, 5.74) is 0.905. The number of hydrogen-bond acceptors (Lipinski definition) is 3. The molecule has 82 valence electrons. The maximum absolute atomic E-state index is 11.7. The molecule has 2 rings (SSSR count). The maximum atomic E-state index is 11.7. The van der Waals surface area contributed by atoms with Crippen molar-refractivity contribution >= 4 is 9.84 Å². The lowest BCUT2D eigenvalue weighted by Crippen LogP contribution is -2.52. The van der Waals surface area contributed by atoms with E-state index in [0.717, 1.165) is 5.56 Å². The summed E-state index contributed by atoms with van der Waals surface area (Å²) in [5, 5.41) is -0.339. The van der Waals surface area contributed by atoms with Crippen LogP contribution in [0.1, 0.15) is 10.8 Å². The van der Waals surface area contributed by atoms with Crippen molar-refractivity contribution in [3.63, 3.8) is 0 Å².